The Bertz CT molecular complexity index is 1170. The van der Waals surface area contributed by atoms with Crippen molar-refractivity contribution in [1.29, 1.82) is 0 Å². The number of aryl methyl sites for hydroxylation is 1. The van der Waals surface area contributed by atoms with Crippen molar-refractivity contribution in [3.63, 3.8) is 0 Å². The second-order valence-electron chi connectivity index (χ2n) is 6.46. The normalized spacial score (nSPS) is 10.8. The van der Waals surface area contributed by atoms with Crippen LogP contribution in [0.15, 0.2) is 61.1 Å². The lowest BCUT2D eigenvalue weighted by Gasteiger charge is -2.11. The Balaban J connectivity index is 1.68. The molecule has 2 aromatic heterocycles. The van der Waals surface area contributed by atoms with Gasteiger partial charge in [0.15, 0.2) is 11.5 Å². The molecule has 28 heavy (non-hydrogen) atoms. The van der Waals surface area contributed by atoms with Gasteiger partial charge in [-0.25, -0.2) is 14.4 Å². The molecule has 4 aromatic rings. The Morgan fingerprint density at radius 2 is 1.89 bits per heavy atom. The molecule has 0 unspecified atom stereocenters. The van der Waals surface area contributed by atoms with E-state index in [0.717, 1.165) is 28.2 Å². The number of nitrogens with zero attached hydrogens (tertiary/aromatic N) is 3. The molecule has 0 aliphatic heterocycles. The lowest BCUT2D eigenvalue weighted by Crippen LogP contribution is -2.07. The molecule has 0 aliphatic carbocycles. The first-order chi connectivity index (χ1) is 13.5. The number of hydrogen-bond donors (Lipinski definition) is 2. The number of nitrogens with one attached hydrogen (secondary N) is 2. The maximum Gasteiger partial charge on any atom is 0.221 e. The van der Waals surface area contributed by atoms with Gasteiger partial charge in [0.1, 0.15) is 5.82 Å². The number of amides is 1. The second-order valence-corrected chi connectivity index (χ2v) is 6.46. The molecule has 4 rings (SSSR count). The molecule has 0 aliphatic rings. The standard InChI is InChI=1S/C21H18FN5O/c1-13-11-17(7-8-18(13)25-14(2)28)26-20-21-24-12-19(27(21)10-9-23-20)15-3-5-16(22)6-4-15/h3-12H,1-2H3,(H,23,26)(H,25,28). The van der Waals surface area contributed by atoms with Gasteiger partial charge in [0.25, 0.3) is 0 Å². The van der Waals surface area contributed by atoms with Gasteiger partial charge in [-0.3, -0.25) is 9.20 Å². The zero-order chi connectivity index (χ0) is 19.7. The van der Waals surface area contributed by atoms with Gasteiger partial charge < -0.3 is 10.6 Å². The average molecular weight is 375 g/mol. The van der Waals surface area contributed by atoms with Gasteiger partial charge in [0, 0.05) is 36.3 Å². The van der Waals surface area contributed by atoms with Crippen molar-refractivity contribution in [2.75, 3.05) is 10.6 Å². The van der Waals surface area contributed by atoms with Crippen LogP contribution in [0.5, 0.6) is 0 Å². The van der Waals surface area contributed by atoms with Gasteiger partial charge in [-0.15, -0.1) is 0 Å². The third kappa shape index (κ3) is 3.42. The molecule has 0 saturated carbocycles. The Hall–Kier alpha value is -3.74. The molecule has 1 amide bonds. The topological polar surface area (TPSA) is 71.3 Å². The molecule has 0 bridgehead atoms. The van der Waals surface area contributed by atoms with E-state index < -0.39 is 0 Å². The molecule has 140 valence electrons. The highest BCUT2D eigenvalue weighted by molar-refractivity contribution is 5.90. The van der Waals surface area contributed by atoms with Crippen LogP contribution in [0.25, 0.3) is 16.9 Å². The largest absolute Gasteiger partial charge is 0.337 e. The van der Waals surface area contributed by atoms with Gasteiger partial charge in [0.2, 0.25) is 5.91 Å². The van der Waals surface area contributed by atoms with Crippen LogP contribution in [-0.2, 0) is 4.79 Å². The number of carbonyl (C=O) groups is 1. The van der Waals surface area contributed by atoms with Crippen molar-refractivity contribution in [2.24, 2.45) is 0 Å². The Morgan fingerprint density at radius 1 is 1.11 bits per heavy atom. The molecular formula is C21H18FN5O. The van der Waals surface area contributed by atoms with Crippen LogP contribution in [0.1, 0.15) is 12.5 Å². The second kappa shape index (κ2) is 7.11. The predicted molar refractivity (Wildman–Crippen MR) is 107 cm³/mol. The fourth-order valence-corrected chi connectivity index (χ4v) is 3.05. The molecule has 0 atom stereocenters. The summed E-state index contributed by atoms with van der Waals surface area (Å²) in [5.74, 6) is 0.211. The molecular weight excluding hydrogens is 357 g/mol. The molecule has 2 heterocycles. The highest BCUT2D eigenvalue weighted by Crippen LogP contribution is 2.27. The fraction of sp³-hybridized carbons (Fsp3) is 0.0952. The first-order valence-electron chi connectivity index (χ1n) is 8.74. The zero-order valence-corrected chi connectivity index (χ0v) is 15.4. The van der Waals surface area contributed by atoms with Crippen LogP contribution < -0.4 is 10.6 Å². The molecule has 0 spiro atoms. The molecule has 6 nitrogen and oxygen atoms in total. The summed E-state index contributed by atoms with van der Waals surface area (Å²) in [7, 11) is 0. The van der Waals surface area contributed by atoms with Crippen LogP contribution in [0, 0.1) is 12.7 Å². The lowest BCUT2D eigenvalue weighted by atomic mass is 10.1. The Kier molecular flexibility index (Phi) is 4.49. The van der Waals surface area contributed by atoms with E-state index in [1.807, 2.05) is 35.7 Å². The molecule has 0 radical (unpaired) electrons. The number of imidazole rings is 1. The average Bonchev–Trinajstić information content (AvgIpc) is 3.09. The number of aromatic nitrogens is 3. The molecule has 2 N–H and O–H groups in total. The Morgan fingerprint density at radius 3 is 2.61 bits per heavy atom. The van der Waals surface area contributed by atoms with E-state index in [2.05, 4.69) is 20.6 Å². The number of carbonyl (C=O) groups excluding carboxylic acids is 1. The molecule has 7 heteroatoms. The predicted octanol–water partition coefficient (Wildman–Crippen LogP) is 4.55. The van der Waals surface area contributed by atoms with E-state index in [1.54, 1.807) is 24.5 Å². The number of benzene rings is 2. The van der Waals surface area contributed by atoms with Gasteiger partial charge in [-0.1, -0.05) is 0 Å². The van der Waals surface area contributed by atoms with E-state index in [0.29, 0.717) is 11.5 Å². The molecule has 0 saturated heterocycles. The Labute approximate surface area is 161 Å². The summed E-state index contributed by atoms with van der Waals surface area (Å²) in [6.45, 7) is 3.40. The molecule has 2 aromatic carbocycles. The van der Waals surface area contributed by atoms with Gasteiger partial charge in [0.05, 0.1) is 11.9 Å². The number of rotatable bonds is 4. The van der Waals surface area contributed by atoms with Crippen LogP contribution in [-0.4, -0.2) is 20.3 Å². The number of fused-ring (bicyclic) bond motifs is 1. The SMILES string of the molecule is CC(=O)Nc1ccc(Nc2nccn3c(-c4ccc(F)cc4)cnc23)cc1C. The van der Waals surface area contributed by atoms with Gasteiger partial charge in [-0.05, 0) is 55.0 Å². The third-order valence-electron chi connectivity index (χ3n) is 4.37. The summed E-state index contributed by atoms with van der Waals surface area (Å²) in [5, 5.41) is 6.07. The van der Waals surface area contributed by atoms with Crippen molar-refractivity contribution in [3.05, 3.63) is 72.4 Å². The van der Waals surface area contributed by atoms with E-state index in [4.69, 9.17) is 0 Å². The monoisotopic (exact) mass is 375 g/mol. The summed E-state index contributed by atoms with van der Waals surface area (Å²) < 4.78 is 15.1. The minimum atomic E-state index is -0.278. The van der Waals surface area contributed by atoms with E-state index >= 15 is 0 Å². The highest BCUT2D eigenvalue weighted by Gasteiger charge is 2.11. The van der Waals surface area contributed by atoms with Crippen molar-refractivity contribution in [3.8, 4) is 11.3 Å². The summed E-state index contributed by atoms with van der Waals surface area (Å²) in [4.78, 5) is 20.1. The maximum absolute atomic E-state index is 13.2. The first kappa shape index (κ1) is 17.7. The summed E-state index contributed by atoms with van der Waals surface area (Å²) in [5.41, 5.74) is 4.90. The summed E-state index contributed by atoms with van der Waals surface area (Å²) in [6.07, 6.45) is 5.24. The van der Waals surface area contributed by atoms with Crippen molar-refractivity contribution >= 4 is 28.7 Å². The van der Waals surface area contributed by atoms with E-state index in [1.165, 1.54) is 19.1 Å². The van der Waals surface area contributed by atoms with Crippen LogP contribution in [0.4, 0.5) is 21.6 Å². The minimum absolute atomic E-state index is 0.110. The first-order valence-corrected chi connectivity index (χ1v) is 8.74. The van der Waals surface area contributed by atoms with Crippen molar-refractivity contribution in [1.82, 2.24) is 14.4 Å². The number of anilines is 3. The number of halogens is 1. The lowest BCUT2D eigenvalue weighted by molar-refractivity contribution is -0.114. The van der Waals surface area contributed by atoms with Crippen LogP contribution in [0.3, 0.4) is 0 Å². The summed E-state index contributed by atoms with van der Waals surface area (Å²) in [6, 6.07) is 11.9. The third-order valence-corrected chi connectivity index (χ3v) is 4.37. The van der Waals surface area contributed by atoms with E-state index in [-0.39, 0.29) is 11.7 Å². The summed E-state index contributed by atoms with van der Waals surface area (Å²) >= 11 is 0. The fourth-order valence-electron chi connectivity index (χ4n) is 3.05. The number of hydrogen-bond acceptors (Lipinski definition) is 4. The quantitative estimate of drug-likeness (QED) is 0.549. The molecule has 0 fully saturated rings. The minimum Gasteiger partial charge on any atom is -0.337 e. The van der Waals surface area contributed by atoms with Crippen molar-refractivity contribution < 1.29 is 9.18 Å². The smallest absolute Gasteiger partial charge is 0.221 e. The van der Waals surface area contributed by atoms with Crippen LogP contribution >= 0.6 is 0 Å². The zero-order valence-electron chi connectivity index (χ0n) is 15.4. The van der Waals surface area contributed by atoms with E-state index in [9.17, 15) is 9.18 Å². The van der Waals surface area contributed by atoms with Gasteiger partial charge >= 0.3 is 0 Å². The highest BCUT2D eigenvalue weighted by atomic mass is 19.1. The van der Waals surface area contributed by atoms with Crippen molar-refractivity contribution in [2.45, 2.75) is 13.8 Å². The van der Waals surface area contributed by atoms with Gasteiger partial charge in [-0.2, -0.15) is 0 Å². The van der Waals surface area contributed by atoms with Crippen LogP contribution in [0.2, 0.25) is 0 Å². The maximum atomic E-state index is 13.2.